The number of nitrogens with one attached hydrogen (secondary N) is 1. The summed E-state index contributed by atoms with van der Waals surface area (Å²) in [6, 6.07) is 7.34. The van der Waals surface area contributed by atoms with E-state index in [-0.39, 0.29) is 19.1 Å². The highest BCUT2D eigenvalue weighted by molar-refractivity contribution is 7.97. The van der Waals surface area contributed by atoms with Crippen LogP contribution in [0.5, 0.6) is 0 Å². The molecule has 4 nitrogen and oxygen atoms in total. The molecule has 0 saturated carbocycles. The molecule has 0 radical (unpaired) electrons. The van der Waals surface area contributed by atoms with E-state index in [1.807, 2.05) is 18.4 Å². The minimum Gasteiger partial charge on any atom is -0.393 e. The van der Waals surface area contributed by atoms with Crippen molar-refractivity contribution in [2.24, 2.45) is 0 Å². The summed E-state index contributed by atoms with van der Waals surface area (Å²) in [7, 11) is 0. The lowest BCUT2D eigenvalue weighted by Gasteiger charge is -2.20. The quantitative estimate of drug-likeness (QED) is 0.721. The van der Waals surface area contributed by atoms with E-state index >= 15 is 0 Å². The summed E-state index contributed by atoms with van der Waals surface area (Å²) in [6.45, 7) is 1.10. The van der Waals surface area contributed by atoms with Crippen LogP contribution in [0.2, 0.25) is 0 Å². The van der Waals surface area contributed by atoms with Gasteiger partial charge in [0.15, 0.2) is 0 Å². The summed E-state index contributed by atoms with van der Waals surface area (Å²) >= 11 is 1.72. The van der Waals surface area contributed by atoms with Gasteiger partial charge in [-0.3, -0.25) is 4.79 Å². The van der Waals surface area contributed by atoms with Gasteiger partial charge in [0.05, 0.1) is 6.61 Å². The van der Waals surface area contributed by atoms with Crippen molar-refractivity contribution in [2.45, 2.75) is 18.3 Å². The molecule has 0 aromatic heterocycles. The second kappa shape index (κ2) is 6.78. The lowest BCUT2D eigenvalue weighted by Crippen LogP contribution is -2.43. The topological polar surface area (TPSA) is 69.6 Å². The Morgan fingerprint density at radius 1 is 1.39 bits per heavy atom. The van der Waals surface area contributed by atoms with Crippen molar-refractivity contribution in [1.82, 2.24) is 5.32 Å². The van der Waals surface area contributed by atoms with Crippen LogP contribution >= 0.6 is 11.8 Å². The predicted molar refractivity (Wildman–Crippen MR) is 73.7 cm³/mol. The summed E-state index contributed by atoms with van der Waals surface area (Å²) < 4.78 is 0. The molecule has 0 saturated heterocycles. The lowest BCUT2D eigenvalue weighted by molar-refractivity contribution is 0.00320. The third-order valence-electron chi connectivity index (χ3n) is 2.50. The van der Waals surface area contributed by atoms with Gasteiger partial charge in [-0.1, -0.05) is 12.1 Å². The van der Waals surface area contributed by atoms with Gasteiger partial charge in [0.1, 0.15) is 5.60 Å². The maximum Gasteiger partial charge on any atom is 0.251 e. The van der Waals surface area contributed by atoms with Crippen molar-refractivity contribution >= 4 is 17.7 Å². The summed E-state index contributed by atoms with van der Waals surface area (Å²) in [5.74, 6) is 0.667. The Morgan fingerprint density at radius 2 is 2.00 bits per heavy atom. The number of amides is 1. The third kappa shape index (κ3) is 4.68. The molecule has 1 atom stereocenters. The number of carbonyl (C=O) groups excluding carboxylic acids is 1. The Kier molecular flexibility index (Phi) is 5.65. The van der Waals surface area contributed by atoms with E-state index in [4.69, 9.17) is 5.11 Å². The number of thioether (sulfide) groups is 1. The standard InChI is InChI=1S/C13H19NO3S/c1-13(17,9-15)8-14-12(16)11-5-3-10(4-6-11)7-18-2/h3-6,15,17H,7-9H2,1-2H3,(H,14,16). The first-order chi connectivity index (χ1) is 8.48. The van der Waals surface area contributed by atoms with Crippen LogP contribution in [-0.4, -0.2) is 41.1 Å². The first kappa shape index (κ1) is 15.0. The SMILES string of the molecule is CSCc1ccc(C(=O)NCC(C)(O)CO)cc1. The minimum absolute atomic E-state index is 0.0227. The fourth-order valence-electron chi connectivity index (χ4n) is 1.35. The normalized spacial score (nSPS) is 14.0. The molecule has 0 spiro atoms. The average molecular weight is 269 g/mol. The number of benzene rings is 1. The number of hydrogen-bond acceptors (Lipinski definition) is 4. The highest BCUT2D eigenvalue weighted by atomic mass is 32.2. The van der Waals surface area contributed by atoms with Crippen LogP contribution in [0.15, 0.2) is 24.3 Å². The second-order valence-corrected chi connectivity index (χ2v) is 5.33. The molecule has 1 aromatic carbocycles. The van der Waals surface area contributed by atoms with Gasteiger partial charge in [-0.05, 0) is 30.9 Å². The number of rotatable bonds is 6. The van der Waals surface area contributed by atoms with Gasteiger partial charge in [0.2, 0.25) is 0 Å². The molecule has 0 aliphatic heterocycles. The fourth-order valence-corrected chi connectivity index (χ4v) is 1.87. The van der Waals surface area contributed by atoms with Gasteiger partial charge in [-0.25, -0.2) is 0 Å². The molecule has 0 fully saturated rings. The summed E-state index contributed by atoms with van der Waals surface area (Å²) in [5, 5.41) is 21.0. The van der Waals surface area contributed by atoms with Crippen molar-refractivity contribution in [3.05, 3.63) is 35.4 Å². The van der Waals surface area contributed by atoms with Crippen LogP contribution in [0, 0.1) is 0 Å². The third-order valence-corrected chi connectivity index (χ3v) is 3.12. The molecular formula is C13H19NO3S. The van der Waals surface area contributed by atoms with Crippen LogP contribution in [0.25, 0.3) is 0 Å². The summed E-state index contributed by atoms with van der Waals surface area (Å²) in [5.41, 5.74) is 0.434. The molecule has 1 aromatic rings. The molecule has 5 heteroatoms. The molecule has 3 N–H and O–H groups in total. The van der Waals surface area contributed by atoms with Crippen LogP contribution in [0.3, 0.4) is 0 Å². The molecule has 100 valence electrons. The van der Waals surface area contributed by atoms with Crippen LogP contribution in [0.4, 0.5) is 0 Å². The van der Waals surface area contributed by atoms with E-state index in [0.717, 1.165) is 5.75 Å². The first-order valence-electron chi connectivity index (χ1n) is 5.68. The number of aliphatic hydroxyl groups is 2. The van der Waals surface area contributed by atoms with Crippen molar-refractivity contribution < 1.29 is 15.0 Å². The Labute approximate surface area is 111 Å². The lowest BCUT2D eigenvalue weighted by atomic mass is 10.1. The molecule has 18 heavy (non-hydrogen) atoms. The van der Waals surface area contributed by atoms with Gasteiger partial charge in [0, 0.05) is 17.9 Å². The van der Waals surface area contributed by atoms with E-state index in [1.165, 1.54) is 12.5 Å². The number of aliphatic hydroxyl groups excluding tert-OH is 1. The van der Waals surface area contributed by atoms with Gasteiger partial charge >= 0.3 is 0 Å². The van der Waals surface area contributed by atoms with Gasteiger partial charge in [-0.2, -0.15) is 11.8 Å². The first-order valence-corrected chi connectivity index (χ1v) is 7.07. The highest BCUT2D eigenvalue weighted by Gasteiger charge is 2.20. The second-order valence-electron chi connectivity index (χ2n) is 4.47. The van der Waals surface area contributed by atoms with E-state index in [1.54, 1.807) is 23.9 Å². The van der Waals surface area contributed by atoms with Crippen LogP contribution in [0.1, 0.15) is 22.8 Å². The van der Waals surface area contributed by atoms with Gasteiger partial charge < -0.3 is 15.5 Å². The highest BCUT2D eigenvalue weighted by Crippen LogP contribution is 2.10. The fraction of sp³-hybridized carbons (Fsp3) is 0.462. The van der Waals surface area contributed by atoms with Crippen molar-refractivity contribution in [2.75, 3.05) is 19.4 Å². The molecular weight excluding hydrogens is 250 g/mol. The van der Waals surface area contributed by atoms with Gasteiger partial charge in [0.25, 0.3) is 5.91 Å². The average Bonchev–Trinajstić information content (AvgIpc) is 2.37. The number of hydrogen-bond donors (Lipinski definition) is 3. The van der Waals surface area contributed by atoms with Crippen molar-refractivity contribution in [1.29, 1.82) is 0 Å². The maximum absolute atomic E-state index is 11.8. The maximum atomic E-state index is 11.8. The molecule has 0 bridgehead atoms. The van der Waals surface area contributed by atoms with E-state index in [9.17, 15) is 9.90 Å². The van der Waals surface area contributed by atoms with Gasteiger partial charge in [-0.15, -0.1) is 0 Å². The zero-order valence-electron chi connectivity index (χ0n) is 10.6. The molecule has 1 rings (SSSR count). The molecule has 0 aliphatic rings. The van der Waals surface area contributed by atoms with E-state index in [0.29, 0.717) is 5.56 Å². The summed E-state index contributed by atoms with van der Waals surface area (Å²) in [6.07, 6.45) is 2.03. The predicted octanol–water partition coefficient (Wildman–Crippen LogP) is 1.02. The Bertz CT molecular complexity index is 390. The largest absolute Gasteiger partial charge is 0.393 e. The minimum atomic E-state index is -1.28. The summed E-state index contributed by atoms with van der Waals surface area (Å²) in [4.78, 5) is 11.8. The molecule has 1 unspecified atom stereocenters. The molecule has 0 heterocycles. The van der Waals surface area contributed by atoms with Crippen LogP contribution in [-0.2, 0) is 5.75 Å². The Balaban J connectivity index is 2.56. The zero-order chi connectivity index (χ0) is 13.6. The smallest absolute Gasteiger partial charge is 0.251 e. The number of carbonyl (C=O) groups is 1. The van der Waals surface area contributed by atoms with Crippen molar-refractivity contribution in [3.63, 3.8) is 0 Å². The van der Waals surface area contributed by atoms with E-state index < -0.39 is 5.60 Å². The Morgan fingerprint density at radius 3 is 2.50 bits per heavy atom. The zero-order valence-corrected chi connectivity index (χ0v) is 11.5. The Hall–Kier alpha value is -1.04. The van der Waals surface area contributed by atoms with Crippen LogP contribution < -0.4 is 5.32 Å². The monoisotopic (exact) mass is 269 g/mol. The molecule has 1 amide bonds. The molecule has 0 aliphatic carbocycles. The van der Waals surface area contributed by atoms with E-state index in [2.05, 4.69) is 5.32 Å². The van der Waals surface area contributed by atoms with Crippen molar-refractivity contribution in [3.8, 4) is 0 Å².